The number of nitrogens with one attached hydrogen (secondary N) is 2. The standard InChI is InChI=1S/C16H16FN3O/c1-10(16-13(17)4-3-5-15(16)21-2)19-12-7-6-11-9-18-20-14(11)8-12/h3-10,19H,1-2H3,(H,18,20). The highest BCUT2D eigenvalue weighted by atomic mass is 19.1. The third-order valence-electron chi connectivity index (χ3n) is 3.49. The molecule has 2 aromatic carbocycles. The number of methoxy groups -OCH3 is 1. The van der Waals surface area contributed by atoms with Crippen molar-refractivity contribution in [3.05, 3.63) is 54.0 Å². The molecule has 0 fully saturated rings. The van der Waals surface area contributed by atoms with Crippen LogP contribution in [-0.4, -0.2) is 17.3 Å². The molecule has 1 unspecified atom stereocenters. The van der Waals surface area contributed by atoms with Crippen LogP contribution < -0.4 is 10.1 Å². The maximum atomic E-state index is 14.1. The quantitative estimate of drug-likeness (QED) is 0.764. The van der Waals surface area contributed by atoms with Gasteiger partial charge in [0.2, 0.25) is 0 Å². The molecular formula is C16H16FN3O. The van der Waals surface area contributed by atoms with Gasteiger partial charge < -0.3 is 10.1 Å². The Kier molecular flexibility index (Phi) is 3.48. The fourth-order valence-electron chi connectivity index (χ4n) is 2.46. The van der Waals surface area contributed by atoms with Crippen LogP contribution in [0.1, 0.15) is 18.5 Å². The lowest BCUT2D eigenvalue weighted by Gasteiger charge is -2.19. The van der Waals surface area contributed by atoms with Crippen molar-refractivity contribution in [2.75, 3.05) is 12.4 Å². The van der Waals surface area contributed by atoms with E-state index in [1.165, 1.54) is 6.07 Å². The Morgan fingerprint density at radius 2 is 2.14 bits per heavy atom. The smallest absolute Gasteiger partial charge is 0.132 e. The molecule has 0 bridgehead atoms. The predicted molar refractivity (Wildman–Crippen MR) is 81.1 cm³/mol. The first-order chi connectivity index (χ1) is 10.2. The molecule has 0 radical (unpaired) electrons. The fraction of sp³-hybridized carbons (Fsp3) is 0.188. The molecule has 5 heteroatoms. The van der Waals surface area contributed by atoms with Gasteiger partial charge in [-0.1, -0.05) is 6.07 Å². The van der Waals surface area contributed by atoms with E-state index in [1.807, 2.05) is 25.1 Å². The van der Waals surface area contributed by atoms with E-state index in [-0.39, 0.29) is 11.9 Å². The molecular weight excluding hydrogens is 269 g/mol. The number of benzene rings is 2. The first kappa shape index (κ1) is 13.4. The van der Waals surface area contributed by atoms with E-state index in [0.29, 0.717) is 11.3 Å². The maximum Gasteiger partial charge on any atom is 0.132 e. The van der Waals surface area contributed by atoms with E-state index < -0.39 is 0 Å². The van der Waals surface area contributed by atoms with Crippen molar-refractivity contribution in [2.45, 2.75) is 13.0 Å². The van der Waals surface area contributed by atoms with E-state index in [0.717, 1.165) is 16.6 Å². The van der Waals surface area contributed by atoms with Gasteiger partial charge in [-0.15, -0.1) is 0 Å². The second-order valence-electron chi connectivity index (χ2n) is 4.89. The Bertz CT molecular complexity index is 769. The van der Waals surface area contributed by atoms with Gasteiger partial charge in [0.1, 0.15) is 11.6 Å². The van der Waals surface area contributed by atoms with Crippen molar-refractivity contribution in [1.29, 1.82) is 0 Å². The molecule has 1 heterocycles. The summed E-state index contributed by atoms with van der Waals surface area (Å²) in [5.74, 6) is 0.259. The summed E-state index contributed by atoms with van der Waals surface area (Å²) in [6.07, 6.45) is 1.77. The van der Waals surface area contributed by atoms with Crippen molar-refractivity contribution in [3.63, 3.8) is 0 Å². The van der Waals surface area contributed by atoms with Crippen LogP contribution in [0.4, 0.5) is 10.1 Å². The zero-order valence-corrected chi connectivity index (χ0v) is 11.9. The number of H-pyrrole nitrogens is 1. The summed E-state index contributed by atoms with van der Waals surface area (Å²) < 4.78 is 19.3. The number of hydrogen-bond donors (Lipinski definition) is 2. The molecule has 0 spiro atoms. The Morgan fingerprint density at radius 1 is 1.29 bits per heavy atom. The molecule has 0 saturated heterocycles. The van der Waals surface area contributed by atoms with Crippen LogP contribution in [0.25, 0.3) is 10.9 Å². The number of ether oxygens (including phenoxy) is 1. The van der Waals surface area contributed by atoms with Gasteiger partial charge in [0, 0.05) is 11.1 Å². The number of fused-ring (bicyclic) bond motifs is 1. The number of rotatable bonds is 4. The molecule has 21 heavy (non-hydrogen) atoms. The van der Waals surface area contributed by atoms with E-state index in [9.17, 15) is 4.39 Å². The van der Waals surface area contributed by atoms with E-state index in [1.54, 1.807) is 25.4 Å². The van der Waals surface area contributed by atoms with Crippen LogP contribution in [0.5, 0.6) is 5.75 Å². The van der Waals surface area contributed by atoms with Gasteiger partial charge >= 0.3 is 0 Å². The summed E-state index contributed by atoms with van der Waals surface area (Å²) in [5.41, 5.74) is 2.35. The Morgan fingerprint density at radius 3 is 2.95 bits per heavy atom. The third kappa shape index (κ3) is 2.54. The molecule has 1 atom stereocenters. The van der Waals surface area contributed by atoms with Crippen molar-refractivity contribution in [3.8, 4) is 5.75 Å². The van der Waals surface area contributed by atoms with Gasteiger partial charge in [0.15, 0.2) is 0 Å². The van der Waals surface area contributed by atoms with Gasteiger partial charge in [-0.25, -0.2) is 4.39 Å². The number of nitrogens with zero attached hydrogens (tertiary/aromatic N) is 1. The minimum atomic E-state index is -0.281. The summed E-state index contributed by atoms with van der Waals surface area (Å²) in [7, 11) is 1.54. The highest BCUT2D eigenvalue weighted by Crippen LogP contribution is 2.30. The lowest BCUT2D eigenvalue weighted by atomic mass is 10.1. The van der Waals surface area contributed by atoms with Crippen LogP contribution in [-0.2, 0) is 0 Å². The van der Waals surface area contributed by atoms with Crippen molar-refractivity contribution in [1.82, 2.24) is 10.2 Å². The molecule has 0 saturated carbocycles. The van der Waals surface area contributed by atoms with Crippen molar-refractivity contribution >= 4 is 16.6 Å². The molecule has 4 nitrogen and oxygen atoms in total. The molecule has 2 N–H and O–H groups in total. The maximum absolute atomic E-state index is 14.1. The summed E-state index contributed by atoms with van der Waals surface area (Å²) in [5, 5.41) is 11.2. The average molecular weight is 285 g/mol. The largest absolute Gasteiger partial charge is 0.496 e. The Labute approximate surface area is 121 Å². The average Bonchev–Trinajstić information content (AvgIpc) is 2.94. The zero-order valence-electron chi connectivity index (χ0n) is 11.9. The van der Waals surface area contributed by atoms with Gasteiger partial charge in [0.05, 0.1) is 30.4 Å². The molecule has 108 valence electrons. The number of hydrogen-bond acceptors (Lipinski definition) is 3. The second kappa shape index (κ2) is 5.44. The Hall–Kier alpha value is -2.56. The number of aromatic nitrogens is 2. The topological polar surface area (TPSA) is 49.9 Å². The molecule has 0 aliphatic heterocycles. The summed E-state index contributed by atoms with van der Waals surface area (Å²) in [4.78, 5) is 0. The normalized spacial score (nSPS) is 12.3. The second-order valence-corrected chi connectivity index (χ2v) is 4.89. The lowest BCUT2D eigenvalue weighted by Crippen LogP contribution is -2.10. The highest BCUT2D eigenvalue weighted by Gasteiger charge is 2.16. The van der Waals surface area contributed by atoms with E-state index in [2.05, 4.69) is 15.5 Å². The molecule has 0 aliphatic carbocycles. The number of aromatic amines is 1. The minimum absolute atomic E-state index is 0.221. The fourth-order valence-corrected chi connectivity index (χ4v) is 2.46. The van der Waals surface area contributed by atoms with Crippen LogP contribution in [0.2, 0.25) is 0 Å². The lowest BCUT2D eigenvalue weighted by molar-refractivity contribution is 0.402. The van der Waals surface area contributed by atoms with Crippen LogP contribution >= 0.6 is 0 Å². The minimum Gasteiger partial charge on any atom is -0.496 e. The van der Waals surface area contributed by atoms with Crippen LogP contribution in [0.3, 0.4) is 0 Å². The molecule has 3 aromatic rings. The number of anilines is 1. The summed E-state index contributed by atoms with van der Waals surface area (Å²) in [6.45, 7) is 1.90. The Balaban J connectivity index is 1.90. The van der Waals surface area contributed by atoms with E-state index >= 15 is 0 Å². The van der Waals surface area contributed by atoms with E-state index in [4.69, 9.17) is 4.74 Å². The first-order valence-corrected chi connectivity index (χ1v) is 6.71. The van der Waals surface area contributed by atoms with Crippen LogP contribution in [0, 0.1) is 5.82 Å². The van der Waals surface area contributed by atoms with Crippen LogP contribution in [0.15, 0.2) is 42.6 Å². The third-order valence-corrected chi connectivity index (χ3v) is 3.49. The summed E-state index contributed by atoms with van der Waals surface area (Å²) >= 11 is 0. The number of halogens is 1. The molecule has 1 aromatic heterocycles. The SMILES string of the molecule is COc1cccc(F)c1C(C)Nc1ccc2cn[nH]c2c1. The molecule has 0 aliphatic rings. The summed E-state index contributed by atoms with van der Waals surface area (Å²) in [6, 6.07) is 10.5. The predicted octanol–water partition coefficient (Wildman–Crippen LogP) is 3.88. The molecule has 3 rings (SSSR count). The highest BCUT2D eigenvalue weighted by molar-refractivity contribution is 5.81. The van der Waals surface area contributed by atoms with Crippen molar-refractivity contribution in [2.24, 2.45) is 0 Å². The zero-order chi connectivity index (χ0) is 14.8. The van der Waals surface area contributed by atoms with Gasteiger partial charge in [-0.05, 0) is 37.3 Å². The van der Waals surface area contributed by atoms with Crippen molar-refractivity contribution < 1.29 is 9.13 Å². The van der Waals surface area contributed by atoms with Gasteiger partial charge in [-0.3, -0.25) is 5.10 Å². The first-order valence-electron chi connectivity index (χ1n) is 6.71. The van der Waals surface area contributed by atoms with Gasteiger partial charge in [0.25, 0.3) is 0 Å². The monoisotopic (exact) mass is 285 g/mol. The van der Waals surface area contributed by atoms with Gasteiger partial charge in [-0.2, -0.15) is 5.10 Å². The molecule has 0 amide bonds.